The smallest absolute Gasteiger partial charge is 0.477 e. The molecule has 0 bridgehead atoms. The molecular formula is C4H3F3N2O. The summed E-state index contributed by atoms with van der Waals surface area (Å²) in [4.78, 5) is -0.403. The van der Waals surface area contributed by atoms with E-state index < -0.39 is 23.2 Å². The fraction of sp³-hybridized carbons (Fsp3) is 0.500. The van der Waals surface area contributed by atoms with E-state index in [-0.39, 0.29) is 0 Å². The van der Waals surface area contributed by atoms with E-state index in [1.807, 2.05) is 0 Å². The van der Waals surface area contributed by atoms with Crippen molar-refractivity contribution in [1.29, 1.82) is 0 Å². The Hall–Kier alpha value is -1.07. The van der Waals surface area contributed by atoms with E-state index in [1.54, 1.807) is 0 Å². The van der Waals surface area contributed by atoms with Gasteiger partial charge in [-0.1, -0.05) is 0 Å². The second-order valence-corrected chi connectivity index (χ2v) is 1.72. The Morgan fingerprint density at radius 1 is 1.60 bits per heavy atom. The molecule has 0 N–H and O–H groups in total. The minimum atomic E-state index is -4.54. The number of hydrogen-bond acceptors (Lipinski definition) is 2. The normalized spacial score (nSPS) is 18.7. The summed E-state index contributed by atoms with van der Waals surface area (Å²) in [5.41, 5.74) is -1.16. The van der Waals surface area contributed by atoms with Crippen LogP contribution < -0.4 is 0 Å². The summed E-state index contributed by atoms with van der Waals surface area (Å²) in [5, 5.41) is 13.1. The van der Waals surface area contributed by atoms with Gasteiger partial charge in [-0.3, -0.25) is 0 Å². The van der Waals surface area contributed by atoms with Crippen LogP contribution in [-0.2, 0) is 0 Å². The minimum Gasteiger partial charge on any atom is -0.594 e. The van der Waals surface area contributed by atoms with Gasteiger partial charge < -0.3 is 5.21 Å². The first-order valence-electron chi connectivity index (χ1n) is 2.44. The maximum atomic E-state index is 11.7. The third-order valence-electron chi connectivity index (χ3n) is 1.03. The van der Waals surface area contributed by atoms with E-state index in [4.69, 9.17) is 0 Å². The zero-order chi connectivity index (χ0) is 7.78. The first-order chi connectivity index (χ1) is 4.52. The van der Waals surface area contributed by atoms with Crippen LogP contribution in [0.2, 0.25) is 0 Å². The highest BCUT2D eigenvalue weighted by Gasteiger charge is 2.44. The summed E-state index contributed by atoms with van der Waals surface area (Å²) in [6.07, 6.45) is -4.04. The number of hydrogen-bond donors (Lipinski definition) is 0. The Morgan fingerprint density at radius 3 is 2.40 bits per heavy atom. The monoisotopic (exact) mass is 152 g/mol. The minimum absolute atomic E-state index is 0.403. The Morgan fingerprint density at radius 2 is 2.20 bits per heavy atom. The Kier molecular flexibility index (Phi) is 1.38. The van der Waals surface area contributed by atoms with E-state index in [2.05, 4.69) is 5.10 Å². The fourth-order valence-corrected chi connectivity index (χ4v) is 0.573. The van der Waals surface area contributed by atoms with Crippen molar-refractivity contribution in [3.8, 4) is 0 Å². The molecule has 0 saturated heterocycles. The number of halogens is 3. The molecule has 0 amide bonds. The van der Waals surface area contributed by atoms with Gasteiger partial charge >= 0.3 is 11.9 Å². The molecule has 56 valence electrons. The summed E-state index contributed by atoms with van der Waals surface area (Å²) in [5.74, 6) is 0. The summed E-state index contributed by atoms with van der Waals surface area (Å²) in [6.45, 7) is 0. The lowest BCUT2D eigenvalue weighted by atomic mass is 10.3. The number of alkyl halides is 3. The Balaban J connectivity index is 2.86. The van der Waals surface area contributed by atoms with Crippen molar-refractivity contribution in [2.45, 2.75) is 12.6 Å². The standard InChI is InChI=1S/C4H3F3N2O/c5-4(6,7)3-1-2-8-9(3)10/h2H,1H2. The average Bonchev–Trinajstić information content (AvgIpc) is 2.11. The number of nitrogens with zero attached hydrogens (tertiary/aromatic N) is 2. The van der Waals surface area contributed by atoms with Crippen LogP contribution in [0.3, 0.4) is 0 Å². The van der Waals surface area contributed by atoms with Gasteiger partial charge in [-0.15, -0.1) is 0 Å². The van der Waals surface area contributed by atoms with E-state index in [0.717, 1.165) is 6.21 Å². The molecule has 0 unspecified atom stereocenters. The van der Waals surface area contributed by atoms with Crippen LogP contribution in [0.5, 0.6) is 0 Å². The number of hydrazone groups is 1. The molecule has 0 saturated carbocycles. The summed E-state index contributed by atoms with van der Waals surface area (Å²) < 4.78 is 35.0. The van der Waals surface area contributed by atoms with Crippen molar-refractivity contribution in [2.24, 2.45) is 5.10 Å². The van der Waals surface area contributed by atoms with Gasteiger partial charge in [-0.2, -0.15) is 13.2 Å². The van der Waals surface area contributed by atoms with Crippen molar-refractivity contribution in [2.75, 3.05) is 0 Å². The molecule has 3 nitrogen and oxygen atoms in total. The van der Waals surface area contributed by atoms with E-state index >= 15 is 0 Å². The summed E-state index contributed by atoms with van der Waals surface area (Å²) in [7, 11) is 0. The molecule has 0 aromatic rings. The molecule has 6 heteroatoms. The molecule has 1 rings (SSSR count). The number of rotatable bonds is 0. The maximum Gasteiger partial charge on any atom is 0.477 e. The van der Waals surface area contributed by atoms with Crippen LogP contribution in [0.1, 0.15) is 6.42 Å². The second kappa shape index (κ2) is 1.96. The molecular weight excluding hydrogens is 149 g/mol. The second-order valence-electron chi connectivity index (χ2n) is 1.72. The lowest BCUT2D eigenvalue weighted by Gasteiger charge is -2.01. The maximum absolute atomic E-state index is 11.7. The van der Waals surface area contributed by atoms with Crippen LogP contribution >= 0.6 is 0 Å². The van der Waals surface area contributed by atoms with Crippen molar-refractivity contribution < 1.29 is 18.0 Å². The topological polar surface area (TPSA) is 38.4 Å². The largest absolute Gasteiger partial charge is 0.594 e. The molecule has 0 radical (unpaired) electrons. The van der Waals surface area contributed by atoms with E-state index in [1.165, 1.54) is 0 Å². The van der Waals surface area contributed by atoms with Crippen molar-refractivity contribution >= 4 is 11.9 Å². The van der Waals surface area contributed by atoms with E-state index in [0.29, 0.717) is 0 Å². The van der Waals surface area contributed by atoms with Gasteiger partial charge in [-0.05, 0) is 4.85 Å². The van der Waals surface area contributed by atoms with Gasteiger partial charge in [0.15, 0.2) is 0 Å². The third-order valence-corrected chi connectivity index (χ3v) is 1.03. The SMILES string of the molecule is [O-][N+]1=C(C(F)(F)F)CC=N1. The molecule has 0 fully saturated rings. The Bertz CT molecular complexity index is 205. The third kappa shape index (κ3) is 1.09. The van der Waals surface area contributed by atoms with Crippen LogP contribution in [0, 0.1) is 5.21 Å². The van der Waals surface area contributed by atoms with Crippen LogP contribution in [0.25, 0.3) is 0 Å². The highest BCUT2D eigenvalue weighted by molar-refractivity contribution is 5.97. The predicted molar refractivity (Wildman–Crippen MR) is 27.8 cm³/mol. The molecule has 0 atom stereocenters. The summed E-state index contributed by atoms with van der Waals surface area (Å²) in [6, 6.07) is 0. The first-order valence-corrected chi connectivity index (χ1v) is 2.44. The molecule has 10 heavy (non-hydrogen) atoms. The predicted octanol–water partition coefficient (Wildman–Crippen LogP) is 0.889. The highest BCUT2D eigenvalue weighted by Crippen LogP contribution is 2.20. The van der Waals surface area contributed by atoms with Gasteiger partial charge in [0.05, 0.1) is 12.6 Å². The van der Waals surface area contributed by atoms with Crippen molar-refractivity contribution in [1.82, 2.24) is 0 Å². The lowest BCUT2D eigenvalue weighted by molar-refractivity contribution is -0.467. The van der Waals surface area contributed by atoms with Crippen LogP contribution in [0.15, 0.2) is 5.10 Å². The molecule has 0 aliphatic carbocycles. The molecule has 0 aromatic carbocycles. The lowest BCUT2D eigenvalue weighted by Crippen LogP contribution is -2.26. The Labute approximate surface area is 54.0 Å². The highest BCUT2D eigenvalue weighted by atomic mass is 19.4. The van der Waals surface area contributed by atoms with Gasteiger partial charge in [0.25, 0.3) is 0 Å². The van der Waals surface area contributed by atoms with Crippen molar-refractivity contribution in [3.05, 3.63) is 5.21 Å². The zero-order valence-corrected chi connectivity index (χ0v) is 4.72. The summed E-state index contributed by atoms with van der Waals surface area (Å²) >= 11 is 0. The molecule has 0 spiro atoms. The first kappa shape index (κ1) is 7.04. The molecule has 1 heterocycles. The van der Waals surface area contributed by atoms with E-state index in [9.17, 15) is 18.4 Å². The fourth-order valence-electron chi connectivity index (χ4n) is 0.573. The van der Waals surface area contributed by atoms with Crippen LogP contribution in [0.4, 0.5) is 13.2 Å². The van der Waals surface area contributed by atoms with Gasteiger partial charge in [0, 0.05) is 5.10 Å². The average molecular weight is 152 g/mol. The van der Waals surface area contributed by atoms with Crippen LogP contribution in [-0.4, -0.2) is 23.0 Å². The molecule has 1 aliphatic rings. The van der Waals surface area contributed by atoms with Gasteiger partial charge in [0.1, 0.15) is 0 Å². The van der Waals surface area contributed by atoms with Gasteiger partial charge in [-0.25, -0.2) is 0 Å². The molecule has 0 aromatic heterocycles. The quantitative estimate of drug-likeness (QED) is 0.375. The van der Waals surface area contributed by atoms with Gasteiger partial charge in [0.2, 0.25) is 0 Å². The molecule has 1 aliphatic heterocycles. The zero-order valence-electron chi connectivity index (χ0n) is 4.72. The van der Waals surface area contributed by atoms with Crippen molar-refractivity contribution in [3.63, 3.8) is 0 Å².